The van der Waals surface area contributed by atoms with E-state index in [1.54, 1.807) is 6.08 Å². The molecule has 2 aliphatic rings. The fraction of sp³-hybridized carbons (Fsp3) is 0.932. The van der Waals surface area contributed by atoms with E-state index < -0.39 is 86.8 Å². The van der Waals surface area contributed by atoms with E-state index in [1.165, 1.54) is 276 Å². The Hall–Kier alpha value is -1.53. The minimum atomic E-state index is -1.79. The lowest BCUT2D eigenvalue weighted by Gasteiger charge is -2.46. The summed E-state index contributed by atoms with van der Waals surface area (Å²) in [6.45, 7) is 2.82. The van der Waals surface area contributed by atoms with Crippen molar-refractivity contribution < 1.29 is 64.6 Å². The van der Waals surface area contributed by atoms with Crippen molar-refractivity contribution in [2.24, 2.45) is 0 Å². The van der Waals surface area contributed by atoms with Crippen molar-refractivity contribution in [2.45, 2.75) is 415 Å². The topological polar surface area (TPSA) is 228 Å². The predicted octanol–water partition coefficient (Wildman–Crippen LogP) is 15.5. The van der Waals surface area contributed by atoms with Crippen molar-refractivity contribution in [1.29, 1.82) is 0 Å². The van der Waals surface area contributed by atoms with Crippen LogP contribution < -0.4 is 5.32 Å². The number of carbonyl (C=O) groups is 1. The monoisotopic (exact) mass is 1240 g/mol. The summed E-state index contributed by atoms with van der Waals surface area (Å²) in [6.07, 6.45) is 57.2. The highest BCUT2D eigenvalue weighted by atomic mass is 16.7. The molecule has 0 radical (unpaired) electrons. The first-order valence-electron chi connectivity index (χ1n) is 37.1. The lowest BCUT2D eigenvalue weighted by atomic mass is 9.97. The summed E-state index contributed by atoms with van der Waals surface area (Å²) in [5.41, 5.74) is 0. The van der Waals surface area contributed by atoms with Crippen LogP contribution in [0.3, 0.4) is 0 Å². The van der Waals surface area contributed by atoms with Gasteiger partial charge in [-0.2, -0.15) is 0 Å². The third-order valence-corrected chi connectivity index (χ3v) is 18.4. The summed E-state index contributed by atoms with van der Waals surface area (Å²) in [7, 11) is 0. The molecule has 0 saturated carbocycles. The van der Waals surface area contributed by atoms with Crippen LogP contribution >= 0.6 is 0 Å². The average Bonchev–Trinajstić information content (AvgIpc) is 2.31. The number of allylic oxidation sites excluding steroid dienone is 3. The fourth-order valence-corrected chi connectivity index (χ4v) is 12.5. The van der Waals surface area contributed by atoms with Crippen LogP contribution in [0, 0.1) is 0 Å². The van der Waals surface area contributed by atoms with Gasteiger partial charge in [-0.25, -0.2) is 0 Å². The van der Waals surface area contributed by atoms with Crippen LogP contribution in [0.2, 0.25) is 0 Å². The minimum absolute atomic E-state index is 0.233. The smallest absolute Gasteiger partial charge is 0.220 e. The van der Waals surface area contributed by atoms with Crippen LogP contribution in [0.25, 0.3) is 0 Å². The van der Waals surface area contributed by atoms with Gasteiger partial charge in [-0.05, 0) is 44.9 Å². The number of ether oxygens (including phenoxy) is 4. The molecule has 1 amide bonds. The number of hydrogen-bond donors (Lipinski definition) is 9. The molecule has 12 unspecified atom stereocenters. The van der Waals surface area contributed by atoms with Gasteiger partial charge in [0, 0.05) is 6.42 Å². The lowest BCUT2D eigenvalue weighted by molar-refractivity contribution is -0.359. The number of nitrogens with one attached hydrogen (secondary N) is 1. The second-order valence-electron chi connectivity index (χ2n) is 26.4. The first-order valence-corrected chi connectivity index (χ1v) is 37.1. The number of hydrogen-bond acceptors (Lipinski definition) is 13. The number of rotatable bonds is 62. The van der Waals surface area contributed by atoms with Crippen LogP contribution in [-0.4, -0.2) is 140 Å². The number of carbonyl (C=O) groups excluding carboxylic acids is 1. The summed E-state index contributed by atoms with van der Waals surface area (Å²) in [5, 5.41) is 87.2. The zero-order chi connectivity index (χ0) is 63.1. The molecule has 514 valence electrons. The highest BCUT2D eigenvalue weighted by Gasteiger charge is 2.51. The summed E-state index contributed by atoms with van der Waals surface area (Å²) in [6, 6.07) is -0.910. The van der Waals surface area contributed by atoms with Crippen molar-refractivity contribution >= 4 is 5.91 Å². The largest absolute Gasteiger partial charge is 0.394 e. The molecule has 0 spiro atoms. The molecule has 2 heterocycles. The van der Waals surface area contributed by atoms with E-state index in [0.717, 1.165) is 38.5 Å². The Kier molecular flexibility index (Phi) is 54.7. The molecule has 9 N–H and O–H groups in total. The zero-order valence-electron chi connectivity index (χ0n) is 56.0. The lowest BCUT2D eigenvalue weighted by Crippen LogP contribution is -2.65. The number of aliphatic hydroxyl groups is 8. The van der Waals surface area contributed by atoms with Gasteiger partial charge in [-0.15, -0.1) is 0 Å². The molecule has 0 aromatic rings. The Morgan fingerprint density at radius 1 is 0.402 bits per heavy atom. The molecule has 12 atom stereocenters. The number of amides is 1. The van der Waals surface area contributed by atoms with E-state index >= 15 is 0 Å². The van der Waals surface area contributed by atoms with Gasteiger partial charge in [0.1, 0.15) is 48.8 Å². The Morgan fingerprint density at radius 2 is 0.724 bits per heavy atom. The van der Waals surface area contributed by atoms with Crippen molar-refractivity contribution in [3.63, 3.8) is 0 Å². The van der Waals surface area contributed by atoms with Gasteiger partial charge in [0.2, 0.25) is 5.91 Å². The van der Waals surface area contributed by atoms with Crippen LogP contribution in [0.1, 0.15) is 341 Å². The van der Waals surface area contributed by atoms with E-state index in [4.69, 9.17) is 18.9 Å². The third kappa shape index (κ3) is 42.4. The molecule has 2 fully saturated rings. The SMILES string of the molecule is CCCCCCCCCC/C=C\CCCCCCCCCCCCCCCCCCCCCCCCCCCCCCCC(=O)NC(COC1OC(CO)C(OC2OC(CO)C(O)C(O)C2O)C(O)C1O)C(O)/C=C/CCCCCCCCCCCC. The molecular weight excluding hydrogens is 1100 g/mol. The number of aliphatic hydroxyl groups excluding tert-OH is 8. The van der Waals surface area contributed by atoms with Crippen molar-refractivity contribution in [1.82, 2.24) is 5.32 Å². The van der Waals surface area contributed by atoms with Gasteiger partial charge >= 0.3 is 0 Å². The molecule has 2 rings (SSSR count). The van der Waals surface area contributed by atoms with Crippen LogP contribution in [0.4, 0.5) is 0 Å². The highest BCUT2D eigenvalue weighted by Crippen LogP contribution is 2.30. The maximum Gasteiger partial charge on any atom is 0.220 e. The normalized spacial score (nSPS) is 23.3. The van der Waals surface area contributed by atoms with Gasteiger partial charge in [0.15, 0.2) is 12.6 Å². The summed E-state index contributed by atoms with van der Waals surface area (Å²) in [4.78, 5) is 13.3. The molecule has 0 aliphatic carbocycles. The summed E-state index contributed by atoms with van der Waals surface area (Å²) < 4.78 is 22.8. The zero-order valence-corrected chi connectivity index (χ0v) is 56.0. The van der Waals surface area contributed by atoms with Gasteiger partial charge in [0.25, 0.3) is 0 Å². The van der Waals surface area contributed by atoms with E-state index in [2.05, 4.69) is 31.3 Å². The molecule has 14 heteroatoms. The molecule has 0 aromatic carbocycles. The maximum atomic E-state index is 13.3. The van der Waals surface area contributed by atoms with E-state index in [0.29, 0.717) is 6.42 Å². The highest BCUT2D eigenvalue weighted by molar-refractivity contribution is 5.76. The van der Waals surface area contributed by atoms with Gasteiger partial charge in [0.05, 0.1) is 32.0 Å². The molecule has 2 saturated heterocycles. The van der Waals surface area contributed by atoms with E-state index in [9.17, 15) is 45.6 Å². The molecule has 0 bridgehead atoms. The van der Waals surface area contributed by atoms with E-state index in [-0.39, 0.29) is 18.9 Å². The molecule has 14 nitrogen and oxygen atoms in total. The minimum Gasteiger partial charge on any atom is -0.394 e. The van der Waals surface area contributed by atoms with Crippen molar-refractivity contribution in [2.75, 3.05) is 19.8 Å². The van der Waals surface area contributed by atoms with Gasteiger partial charge < -0.3 is 65.1 Å². The van der Waals surface area contributed by atoms with Crippen LogP contribution in [0.5, 0.6) is 0 Å². The summed E-state index contributed by atoms with van der Waals surface area (Å²) >= 11 is 0. The first-order chi connectivity index (χ1) is 42.6. The standard InChI is InChI=1S/C73H139NO13/c1-3-5-7-9-11-13-15-17-18-19-20-21-22-23-24-25-26-27-28-29-30-31-32-33-34-35-36-37-38-39-40-41-42-43-44-45-47-49-51-53-55-57-65(78)74-61(62(77)56-54-52-50-48-46-16-14-12-10-8-6-4-2)60-84-72-70(83)68(81)71(64(59-76)86-72)87-73-69(82)67(80)66(79)63(58-75)85-73/h19-20,54,56,61-64,66-73,75-77,79-83H,3-18,21-53,55,57-60H2,1-2H3,(H,74,78)/b20-19-,56-54+. The second kappa shape index (κ2) is 58.3. The third-order valence-electron chi connectivity index (χ3n) is 18.4. The predicted molar refractivity (Wildman–Crippen MR) is 355 cm³/mol. The van der Waals surface area contributed by atoms with Crippen LogP contribution in [-0.2, 0) is 23.7 Å². The molecule has 0 aromatic heterocycles. The van der Waals surface area contributed by atoms with E-state index in [1.807, 2.05) is 6.08 Å². The quantitative estimate of drug-likeness (QED) is 0.0204. The molecule has 87 heavy (non-hydrogen) atoms. The Balaban J connectivity index is 1.51. The van der Waals surface area contributed by atoms with Crippen molar-refractivity contribution in [3.05, 3.63) is 24.3 Å². The van der Waals surface area contributed by atoms with Crippen LogP contribution in [0.15, 0.2) is 24.3 Å². The van der Waals surface area contributed by atoms with Gasteiger partial charge in [-0.3, -0.25) is 4.79 Å². The molecular formula is C73H139NO13. The Labute approximate surface area is 532 Å². The van der Waals surface area contributed by atoms with Gasteiger partial charge in [-0.1, -0.05) is 314 Å². The molecule has 2 aliphatic heterocycles. The Bertz CT molecular complexity index is 1550. The average molecular weight is 1240 g/mol. The van der Waals surface area contributed by atoms with Crippen molar-refractivity contribution in [3.8, 4) is 0 Å². The first kappa shape index (κ1) is 81.6. The maximum absolute atomic E-state index is 13.3. The summed E-state index contributed by atoms with van der Waals surface area (Å²) in [5.74, 6) is -0.233. The Morgan fingerprint density at radius 3 is 1.09 bits per heavy atom. The number of unbranched alkanes of at least 4 members (excludes halogenated alkanes) is 47. The fourth-order valence-electron chi connectivity index (χ4n) is 12.5. The second-order valence-corrected chi connectivity index (χ2v) is 26.4.